The van der Waals surface area contributed by atoms with Gasteiger partial charge >= 0.3 is 6.18 Å². The van der Waals surface area contributed by atoms with E-state index in [0.717, 1.165) is 6.07 Å². The first kappa shape index (κ1) is 17.5. The second-order valence-electron chi connectivity index (χ2n) is 5.59. The molecule has 4 nitrogen and oxygen atoms in total. The number of nitrogens with one attached hydrogen (secondary N) is 1. The lowest BCUT2D eigenvalue weighted by Crippen LogP contribution is -2.31. The summed E-state index contributed by atoms with van der Waals surface area (Å²) in [5, 5.41) is 7.10. The number of hydrogen-bond acceptors (Lipinski definition) is 4. The van der Waals surface area contributed by atoms with Crippen LogP contribution in [0.2, 0.25) is 0 Å². The van der Waals surface area contributed by atoms with Gasteiger partial charge in [-0.15, -0.1) is 0 Å². The highest BCUT2D eigenvalue weighted by atomic mass is 19.4. The Morgan fingerprint density at radius 3 is 2.61 bits per heavy atom. The Kier molecular flexibility index (Phi) is 5.41. The minimum Gasteiger partial charge on any atom is -0.338 e. The zero-order valence-corrected chi connectivity index (χ0v) is 13.3. The quantitative estimate of drug-likeness (QED) is 0.873. The van der Waals surface area contributed by atoms with Gasteiger partial charge in [0.1, 0.15) is 0 Å². The molecule has 0 amide bonds. The van der Waals surface area contributed by atoms with Crippen LogP contribution in [0.25, 0.3) is 0 Å². The summed E-state index contributed by atoms with van der Waals surface area (Å²) >= 11 is 0. The van der Waals surface area contributed by atoms with Crippen molar-refractivity contribution in [2.45, 2.75) is 51.9 Å². The van der Waals surface area contributed by atoms with Crippen LogP contribution in [0, 0.1) is 0 Å². The van der Waals surface area contributed by atoms with Crippen molar-refractivity contribution in [3.8, 4) is 0 Å². The number of aryl methyl sites for hydroxylation is 1. The van der Waals surface area contributed by atoms with E-state index in [1.54, 1.807) is 6.07 Å². The van der Waals surface area contributed by atoms with Crippen molar-refractivity contribution in [1.82, 2.24) is 15.5 Å². The third-order valence-corrected chi connectivity index (χ3v) is 3.50. The Morgan fingerprint density at radius 1 is 1.26 bits per heavy atom. The molecule has 2 aromatic rings. The summed E-state index contributed by atoms with van der Waals surface area (Å²) < 4.78 is 43.3. The van der Waals surface area contributed by atoms with Gasteiger partial charge in [-0.25, -0.2) is 0 Å². The van der Waals surface area contributed by atoms with Crippen LogP contribution < -0.4 is 5.32 Å². The molecule has 23 heavy (non-hydrogen) atoms. The molecule has 1 aromatic carbocycles. The van der Waals surface area contributed by atoms with E-state index in [1.165, 1.54) is 12.1 Å². The third kappa shape index (κ3) is 4.79. The zero-order valence-electron chi connectivity index (χ0n) is 13.3. The van der Waals surface area contributed by atoms with E-state index in [4.69, 9.17) is 4.52 Å². The van der Waals surface area contributed by atoms with Crippen LogP contribution in [0.1, 0.15) is 49.7 Å². The standard InChI is InChI=1S/C16H20F3N3O/c1-4-14-21-15(23-22-14)11(3)20-10(2)8-12-6-5-7-13(9-12)16(17,18)19/h5-7,9-11,20H,4,8H2,1-3H3. The highest BCUT2D eigenvalue weighted by molar-refractivity contribution is 5.26. The summed E-state index contributed by atoms with van der Waals surface area (Å²) in [6.07, 6.45) is -3.15. The molecule has 1 heterocycles. The van der Waals surface area contributed by atoms with Crippen LogP contribution in [0.15, 0.2) is 28.8 Å². The first-order chi connectivity index (χ1) is 10.8. The van der Waals surface area contributed by atoms with Crippen molar-refractivity contribution in [1.29, 1.82) is 0 Å². The molecule has 0 bridgehead atoms. The predicted molar refractivity (Wildman–Crippen MR) is 79.8 cm³/mol. The fourth-order valence-electron chi connectivity index (χ4n) is 2.37. The SMILES string of the molecule is CCc1noc(C(C)NC(C)Cc2cccc(C(F)(F)F)c2)n1. The molecule has 0 aliphatic carbocycles. The molecule has 0 aliphatic heterocycles. The van der Waals surface area contributed by atoms with Crippen LogP contribution in [-0.4, -0.2) is 16.2 Å². The molecule has 0 saturated heterocycles. The van der Waals surface area contributed by atoms with E-state index in [1.807, 2.05) is 20.8 Å². The number of alkyl halides is 3. The van der Waals surface area contributed by atoms with Gasteiger partial charge in [-0.3, -0.25) is 0 Å². The average molecular weight is 327 g/mol. The summed E-state index contributed by atoms with van der Waals surface area (Å²) in [6, 6.07) is 5.19. The van der Waals surface area contributed by atoms with Crippen molar-refractivity contribution in [2.24, 2.45) is 0 Å². The van der Waals surface area contributed by atoms with Crippen molar-refractivity contribution < 1.29 is 17.7 Å². The number of hydrogen-bond donors (Lipinski definition) is 1. The number of aromatic nitrogens is 2. The monoisotopic (exact) mass is 327 g/mol. The van der Waals surface area contributed by atoms with Gasteiger partial charge in [0.25, 0.3) is 0 Å². The smallest absolute Gasteiger partial charge is 0.338 e. The Hall–Kier alpha value is -1.89. The summed E-state index contributed by atoms with van der Waals surface area (Å²) in [5.41, 5.74) is 0.00605. The van der Waals surface area contributed by atoms with Crippen LogP contribution in [0.3, 0.4) is 0 Å². The van der Waals surface area contributed by atoms with Crippen molar-refractivity contribution in [3.63, 3.8) is 0 Å². The van der Waals surface area contributed by atoms with Crippen molar-refractivity contribution in [2.75, 3.05) is 0 Å². The first-order valence-corrected chi connectivity index (χ1v) is 7.54. The number of benzene rings is 1. The Morgan fingerprint density at radius 2 is 2.00 bits per heavy atom. The highest BCUT2D eigenvalue weighted by Crippen LogP contribution is 2.29. The maximum atomic E-state index is 12.7. The van der Waals surface area contributed by atoms with Crippen molar-refractivity contribution >= 4 is 0 Å². The lowest BCUT2D eigenvalue weighted by Gasteiger charge is -2.18. The average Bonchev–Trinajstić information content (AvgIpc) is 2.95. The number of halogens is 3. The molecule has 0 spiro atoms. The van der Waals surface area contributed by atoms with E-state index >= 15 is 0 Å². The Balaban J connectivity index is 1.97. The highest BCUT2D eigenvalue weighted by Gasteiger charge is 2.30. The van der Waals surface area contributed by atoms with Crippen molar-refractivity contribution in [3.05, 3.63) is 47.1 Å². The van der Waals surface area contributed by atoms with Gasteiger partial charge in [-0.2, -0.15) is 18.2 Å². The van der Waals surface area contributed by atoms with E-state index < -0.39 is 11.7 Å². The first-order valence-electron chi connectivity index (χ1n) is 7.54. The lowest BCUT2D eigenvalue weighted by molar-refractivity contribution is -0.137. The molecule has 2 rings (SSSR count). The summed E-state index contributed by atoms with van der Waals surface area (Å²) in [5.74, 6) is 1.12. The molecule has 0 aliphatic rings. The lowest BCUT2D eigenvalue weighted by atomic mass is 10.0. The van der Waals surface area contributed by atoms with Gasteiger partial charge in [0, 0.05) is 12.5 Å². The van der Waals surface area contributed by atoms with Gasteiger partial charge in [0.05, 0.1) is 11.6 Å². The topological polar surface area (TPSA) is 51.0 Å². The number of rotatable bonds is 6. The fourth-order valence-corrected chi connectivity index (χ4v) is 2.37. The van der Waals surface area contributed by atoms with Crippen LogP contribution in [0.4, 0.5) is 13.2 Å². The van der Waals surface area contributed by atoms with E-state index in [9.17, 15) is 13.2 Å². The molecule has 2 unspecified atom stereocenters. The van der Waals surface area contributed by atoms with Gasteiger partial charge in [-0.05, 0) is 31.9 Å². The molecule has 0 radical (unpaired) electrons. The summed E-state index contributed by atoms with van der Waals surface area (Å²) in [4.78, 5) is 4.25. The minimum atomic E-state index is -4.32. The van der Waals surface area contributed by atoms with Gasteiger partial charge in [0.15, 0.2) is 5.82 Å². The molecular formula is C16H20F3N3O. The maximum Gasteiger partial charge on any atom is 0.416 e. The largest absolute Gasteiger partial charge is 0.416 e. The maximum absolute atomic E-state index is 12.7. The molecule has 1 aromatic heterocycles. The molecule has 7 heteroatoms. The van der Waals surface area contributed by atoms with E-state index in [0.29, 0.717) is 30.1 Å². The Labute approximate surface area is 133 Å². The molecule has 1 N–H and O–H groups in total. The molecule has 0 saturated carbocycles. The molecule has 2 atom stereocenters. The normalized spacial score (nSPS) is 14.7. The van der Waals surface area contributed by atoms with Crippen LogP contribution >= 0.6 is 0 Å². The summed E-state index contributed by atoms with van der Waals surface area (Å²) in [6.45, 7) is 5.73. The van der Waals surface area contributed by atoms with Crippen LogP contribution in [0.5, 0.6) is 0 Å². The zero-order chi connectivity index (χ0) is 17.0. The third-order valence-electron chi connectivity index (χ3n) is 3.50. The molecule has 126 valence electrons. The molecule has 0 fully saturated rings. The van der Waals surface area contributed by atoms with Crippen LogP contribution in [-0.2, 0) is 19.0 Å². The second-order valence-corrected chi connectivity index (χ2v) is 5.59. The van der Waals surface area contributed by atoms with E-state index in [2.05, 4.69) is 15.5 Å². The fraction of sp³-hybridized carbons (Fsp3) is 0.500. The summed E-state index contributed by atoms with van der Waals surface area (Å²) in [7, 11) is 0. The van der Waals surface area contributed by atoms with Gasteiger partial charge in [0.2, 0.25) is 5.89 Å². The predicted octanol–water partition coefficient (Wildman–Crippen LogP) is 3.93. The second kappa shape index (κ2) is 7.12. The minimum absolute atomic E-state index is 0.0366. The van der Waals surface area contributed by atoms with E-state index in [-0.39, 0.29) is 12.1 Å². The van der Waals surface area contributed by atoms with Gasteiger partial charge < -0.3 is 9.84 Å². The van der Waals surface area contributed by atoms with Gasteiger partial charge in [-0.1, -0.05) is 30.3 Å². The number of nitrogens with zero attached hydrogens (tertiary/aromatic N) is 2. The Bertz CT molecular complexity index is 639. The molecular weight excluding hydrogens is 307 g/mol.